The molecule has 3 amide bonds. The molecule has 2 fully saturated rings. The molecule has 0 aromatic heterocycles. The Bertz CT molecular complexity index is 1280. The lowest BCUT2D eigenvalue weighted by atomic mass is 9.63. The Labute approximate surface area is 198 Å². The van der Waals surface area contributed by atoms with Gasteiger partial charge in [-0.2, -0.15) is 0 Å². The van der Waals surface area contributed by atoms with Gasteiger partial charge in [-0.15, -0.1) is 0 Å². The van der Waals surface area contributed by atoms with Crippen molar-refractivity contribution in [2.24, 2.45) is 23.7 Å². The molecule has 0 radical (unpaired) electrons. The van der Waals surface area contributed by atoms with Gasteiger partial charge in [0.2, 0.25) is 17.7 Å². The summed E-state index contributed by atoms with van der Waals surface area (Å²) in [7, 11) is 0. The molecule has 34 heavy (non-hydrogen) atoms. The molecule has 5 atom stereocenters. The van der Waals surface area contributed by atoms with Gasteiger partial charge in [-0.25, -0.2) is 0 Å². The first-order valence-electron chi connectivity index (χ1n) is 12.0. The minimum atomic E-state index is -0.897. The third-order valence-corrected chi connectivity index (χ3v) is 7.73. The Balaban J connectivity index is 1.36. The van der Waals surface area contributed by atoms with E-state index in [9.17, 15) is 14.4 Å². The normalized spacial score (nSPS) is 26.1. The number of imide groups is 1. The fourth-order valence-corrected chi connectivity index (χ4v) is 6.09. The summed E-state index contributed by atoms with van der Waals surface area (Å²) < 4.78 is 0. The fraction of sp³-hybridized carbons (Fsp3) is 0.276. The molecule has 4 aliphatic rings. The number of amides is 3. The Kier molecular flexibility index (Phi) is 5.05. The third-order valence-electron chi connectivity index (χ3n) is 7.73. The number of fused-ring (bicyclic) bond motifs is 2. The van der Waals surface area contributed by atoms with Crippen molar-refractivity contribution in [3.8, 4) is 0 Å². The third kappa shape index (κ3) is 3.35. The molecule has 3 aliphatic carbocycles. The number of carbonyl (C=O) groups is 3. The molecule has 1 saturated heterocycles. The van der Waals surface area contributed by atoms with Gasteiger partial charge in [0.25, 0.3) is 0 Å². The summed E-state index contributed by atoms with van der Waals surface area (Å²) in [6.45, 7) is 0. The second kappa shape index (κ2) is 8.24. The van der Waals surface area contributed by atoms with Crippen LogP contribution in [0.2, 0.25) is 0 Å². The summed E-state index contributed by atoms with van der Waals surface area (Å²) in [6.07, 6.45) is 6.36. The van der Waals surface area contributed by atoms with E-state index in [1.165, 1.54) is 4.90 Å². The number of nitrogens with zero attached hydrogens (tertiary/aromatic N) is 1. The van der Waals surface area contributed by atoms with Crippen LogP contribution in [0, 0.1) is 23.7 Å². The predicted molar refractivity (Wildman–Crippen MR) is 131 cm³/mol. The van der Waals surface area contributed by atoms with Gasteiger partial charge in [-0.05, 0) is 41.7 Å². The minimum Gasteiger partial charge on any atom is -0.324 e. The van der Waals surface area contributed by atoms with Crippen molar-refractivity contribution in [3.05, 3.63) is 90.5 Å². The highest BCUT2D eigenvalue weighted by Crippen LogP contribution is 2.50. The zero-order chi connectivity index (χ0) is 23.2. The Morgan fingerprint density at radius 1 is 0.824 bits per heavy atom. The van der Waals surface area contributed by atoms with E-state index in [0.717, 1.165) is 29.2 Å². The summed E-state index contributed by atoms with van der Waals surface area (Å²) in [5.74, 6) is -1.20. The minimum absolute atomic E-state index is 0.0925. The van der Waals surface area contributed by atoms with Gasteiger partial charge in [0, 0.05) is 17.5 Å². The number of allylic oxidation sites excluding steroid dienone is 2. The molecule has 5 nitrogen and oxygen atoms in total. The molecule has 2 bridgehead atoms. The SMILES string of the molecule is O=C(Nc1cccc2ccccc12)[C@H](Cc1ccccc1)N1C(=O)[C@H]2[C@H](C1=O)[C@H]1C=C[C@H]2CC1. The van der Waals surface area contributed by atoms with Gasteiger partial charge in [0.15, 0.2) is 0 Å². The molecule has 1 aliphatic heterocycles. The van der Waals surface area contributed by atoms with Crippen LogP contribution in [-0.2, 0) is 20.8 Å². The van der Waals surface area contributed by atoms with Gasteiger partial charge in [0.05, 0.1) is 11.8 Å². The van der Waals surface area contributed by atoms with Crippen molar-refractivity contribution in [3.63, 3.8) is 0 Å². The van der Waals surface area contributed by atoms with Crippen molar-refractivity contribution >= 4 is 34.2 Å². The maximum atomic E-state index is 13.8. The smallest absolute Gasteiger partial charge is 0.248 e. The first-order valence-corrected chi connectivity index (χ1v) is 12.0. The summed E-state index contributed by atoms with van der Waals surface area (Å²) in [5.41, 5.74) is 1.59. The van der Waals surface area contributed by atoms with E-state index in [1.807, 2.05) is 72.8 Å². The number of benzene rings is 3. The van der Waals surface area contributed by atoms with E-state index in [0.29, 0.717) is 5.69 Å². The number of hydrogen-bond acceptors (Lipinski definition) is 3. The Hall–Kier alpha value is -3.73. The van der Waals surface area contributed by atoms with E-state index >= 15 is 0 Å². The lowest BCUT2D eigenvalue weighted by Crippen LogP contribution is -2.49. The lowest BCUT2D eigenvalue weighted by Gasteiger charge is -2.38. The average Bonchev–Trinajstić information content (AvgIpc) is 3.16. The van der Waals surface area contributed by atoms with E-state index in [2.05, 4.69) is 17.5 Å². The van der Waals surface area contributed by atoms with E-state index in [-0.39, 0.29) is 47.8 Å². The van der Waals surface area contributed by atoms with Gasteiger partial charge in [0.1, 0.15) is 6.04 Å². The number of anilines is 1. The topological polar surface area (TPSA) is 66.5 Å². The van der Waals surface area contributed by atoms with Gasteiger partial charge < -0.3 is 5.32 Å². The molecular weight excluding hydrogens is 424 g/mol. The van der Waals surface area contributed by atoms with E-state index < -0.39 is 6.04 Å². The van der Waals surface area contributed by atoms with Crippen LogP contribution in [0.5, 0.6) is 0 Å². The summed E-state index contributed by atoms with van der Waals surface area (Å²) in [4.78, 5) is 42.3. The van der Waals surface area contributed by atoms with Gasteiger partial charge in [-0.3, -0.25) is 19.3 Å². The van der Waals surface area contributed by atoms with Crippen LogP contribution in [0.3, 0.4) is 0 Å². The molecule has 7 rings (SSSR count). The second-order valence-corrected chi connectivity index (χ2v) is 9.61. The molecule has 1 N–H and O–H groups in total. The first kappa shape index (κ1) is 20.8. The van der Waals surface area contributed by atoms with Crippen LogP contribution in [0.4, 0.5) is 5.69 Å². The predicted octanol–water partition coefficient (Wildman–Crippen LogP) is 4.59. The van der Waals surface area contributed by atoms with Crippen molar-refractivity contribution < 1.29 is 14.4 Å². The highest BCUT2D eigenvalue weighted by molar-refractivity contribution is 6.12. The highest BCUT2D eigenvalue weighted by atomic mass is 16.2. The quantitative estimate of drug-likeness (QED) is 0.457. The summed E-state index contributed by atoms with van der Waals surface area (Å²) in [5, 5.41) is 4.98. The van der Waals surface area contributed by atoms with Gasteiger partial charge >= 0.3 is 0 Å². The van der Waals surface area contributed by atoms with Crippen molar-refractivity contribution in [1.29, 1.82) is 0 Å². The largest absolute Gasteiger partial charge is 0.324 e. The number of rotatable bonds is 5. The molecule has 3 aromatic rings. The molecule has 170 valence electrons. The van der Waals surface area contributed by atoms with Crippen molar-refractivity contribution in [2.75, 3.05) is 5.32 Å². The van der Waals surface area contributed by atoms with E-state index in [4.69, 9.17) is 0 Å². The number of hydrogen-bond donors (Lipinski definition) is 1. The molecule has 0 spiro atoms. The lowest BCUT2D eigenvalue weighted by molar-refractivity contribution is -0.146. The van der Waals surface area contributed by atoms with Crippen molar-refractivity contribution in [1.82, 2.24) is 4.90 Å². The molecule has 0 unspecified atom stereocenters. The molecule has 1 saturated carbocycles. The summed E-state index contributed by atoms with van der Waals surface area (Å²) in [6, 6.07) is 22.3. The highest BCUT2D eigenvalue weighted by Gasteiger charge is 2.58. The van der Waals surface area contributed by atoms with Crippen LogP contribution >= 0.6 is 0 Å². The van der Waals surface area contributed by atoms with Gasteiger partial charge in [-0.1, -0.05) is 78.9 Å². The molecular formula is C29H26N2O3. The zero-order valence-corrected chi connectivity index (χ0v) is 18.8. The van der Waals surface area contributed by atoms with Crippen LogP contribution in [-0.4, -0.2) is 28.7 Å². The van der Waals surface area contributed by atoms with Crippen LogP contribution in [0.25, 0.3) is 10.8 Å². The molecule has 5 heteroatoms. The van der Waals surface area contributed by atoms with E-state index in [1.54, 1.807) is 0 Å². The molecule has 3 aromatic carbocycles. The van der Waals surface area contributed by atoms with Crippen LogP contribution < -0.4 is 5.32 Å². The average molecular weight is 451 g/mol. The monoisotopic (exact) mass is 450 g/mol. The zero-order valence-electron chi connectivity index (χ0n) is 18.8. The van der Waals surface area contributed by atoms with Crippen LogP contribution in [0.15, 0.2) is 84.9 Å². The number of likely N-dealkylation sites (tertiary alicyclic amines) is 1. The Morgan fingerprint density at radius 2 is 1.44 bits per heavy atom. The van der Waals surface area contributed by atoms with Crippen LogP contribution in [0.1, 0.15) is 18.4 Å². The Morgan fingerprint density at radius 3 is 2.12 bits per heavy atom. The second-order valence-electron chi connectivity index (χ2n) is 9.61. The summed E-state index contributed by atoms with van der Waals surface area (Å²) >= 11 is 0. The van der Waals surface area contributed by atoms with Crippen molar-refractivity contribution in [2.45, 2.75) is 25.3 Å². The maximum absolute atomic E-state index is 13.8. The maximum Gasteiger partial charge on any atom is 0.248 e. The number of carbonyl (C=O) groups excluding carboxylic acids is 3. The fourth-order valence-electron chi connectivity index (χ4n) is 6.09. The first-order chi connectivity index (χ1) is 16.6. The molecule has 1 heterocycles. The number of nitrogens with one attached hydrogen (secondary N) is 1. The standard InChI is InChI=1S/C29H26N2O3/c32-27(30-23-12-6-10-19-9-4-5-11-22(19)23)24(17-18-7-2-1-3-8-18)31-28(33)25-20-13-14-21(16-15-20)26(25)29(31)34/h1-14,20-21,24-26H,15-17H2,(H,30,32)/t20-,21-,24-,25+,26+/m0/s1.